The summed E-state index contributed by atoms with van der Waals surface area (Å²) in [5.74, 6) is -1.57. The van der Waals surface area contributed by atoms with Gasteiger partial charge in [0.2, 0.25) is 0 Å². The minimum absolute atomic E-state index is 0.0194. The van der Waals surface area contributed by atoms with Crippen LogP contribution in [0.25, 0.3) is 0 Å². The Kier molecular flexibility index (Phi) is 7.06. The van der Waals surface area contributed by atoms with Crippen LogP contribution in [0.3, 0.4) is 0 Å². The van der Waals surface area contributed by atoms with Crippen LogP contribution in [0.5, 0.6) is 0 Å². The molecule has 0 unspecified atom stereocenters. The number of nitrogens with zero attached hydrogens (tertiary/aromatic N) is 3. The molecular weight excluding hydrogens is 446 g/mol. The minimum Gasteiger partial charge on any atom is -0.444 e. The van der Waals surface area contributed by atoms with Crippen molar-refractivity contribution in [2.24, 2.45) is 0 Å². The van der Waals surface area contributed by atoms with Gasteiger partial charge in [0, 0.05) is 26.1 Å². The molecule has 2 amide bonds. The van der Waals surface area contributed by atoms with E-state index in [-0.39, 0.29) is 24.4 Å². The second-order valence-electron chi connectivity index (χ2n) is 8.32. The Balaban J connectivity index is 1.41. The van der Waals surface area contributed by atoms with Crippen molar-refractivity contribution in [3.63, 3.8) is 0 Å². The van der Waals surface area contributed by atoms with Gasteiger partial charge in [0.25, 0.3) is 5.91 Å². The lowest BCUT2D eigenvalue weighted by molar-refractivity contribution is -0.117. The highest BCUT2D eigenvalue weighted by Gasteiger charge is 2.33. The van der Waals surface area contributed by atoms with Gasteiger partial charge in [0.1, 0.15) is 23.5 Å². The molecular formula is C24H26F2N4O4. The third-order valence-corrected chi connectivity index (χ3v) is 5.90. The number of nitrogens with one attached hydrogen (secondary N) is 1. The number of carbonyl (C=O) groups is 3. The lowest BCUT2D eigenvalue weighted by atomic mass is 10.1. The maximum absolute atomic E-state index is 15.1. The molecule has 0 bridgehead atoms. The normalized spacial score (nSPS) is 18.6. The Morgan fingerprint density at radius 1 is 1.09 bits per heavy atom. The summed E-state index contributed by atoms with van der Waals surface area (Å²) in [4.78, 5) is 39.2. The van der Waals surface area contributed by atoms with E-state index in [1.165, 1.54) is 41.1 Å². The van der Waals surface area contributed by atoms with E-state index in [9.17, 15) is 18.8 Å². The Morgan fingerprint density at radius 2 is 1.88 bits per heavy atom. The SMILES string of the molecule is CC(=O)CC[C@H]1CN(c2ccc(N3CCNN(C(=O)c4ccccc4F)CC3)c(F)c2)C(=O)O1. The van der Waals surface area contributed by atoms with E-state index in [0.29, 0.717) is 43.9 Å². The van der Waals surface area contributed by atoms with Gasteiger partial charge < -0.3 is 14.4 Å². The fourth-order valence-corrected chi connectivity index (χ4v) is 4.09. The molecule has 4 rings (SSSR count). The zero-order valence-electron chi connectivity index (χ0n) is 18.8. The second kappa shape index (κ2) is 10.2. The molecule has 2 saturated heterocycles. The number of amides is 2. The molecule has 2 aliphatic heterocycles. The van der Waals surface area contributed by atoms with Crippen LogP contribution in [0.4, 0.5) is 25.0 Å². The van der Waals surface area contributed by atoms with Crippen molar-refractivity contribution >= 4 is 29.2 Å². The smallest absolute Gasteiger partial charge is 0.414 e. The van der Waals surface area contributed by atoms with Gasteiger partial charge in [-0.05, 0) is 43.7 Å². The van der Waals surface area contributed by atoms with Crippen molar-refractivity contribution in [2.75, 3.05) is 42.5 Å². The first-order valence-electron chi connectivity index (χ1n) is 11.2. The summed E-state index contributed by atoms with van der Waals surface area (Å²) < 4.78 is 34.3. The summed E-state index contributed by atoms with van der Waals surface area (Å²) in [6, 6.07) is 10.3. The molecule has 0 aromatic heterocycles. The van der Waals surface area contributed by atoms with E-state index in [4.69, 9.17) is 4.74 Å². The van der Waals surface area contributed by atoms with Gasteiger partial charge in [0.05, 0.1) is 30.0 Å². The zero-order valence-corrected chi connectivity index (χ0v) is 18.8. The lowest BCUT2D eigenvalue weighted by Gasteiger charge is -2.24. The summed E-state index contributed by atoms with van der Waals surface area (Å²) in [6.45, 7) is 3.09. The van der Waals surface area contributed by atoms with Gasteiger partial charge in [-0.25, -0.2) is 19.0 Å². The highest BCUT2D eigenvalue weighted by atomic mass is 19.1. The lowest BCUT2D eigenvalue weighted by Crippen LogP contribution is -2.44. The molecule has 0 aliphatic carbocycles. The van der Waals surface area contributed by atoms with E-state index < -0.39 is 29.7 Å². The fourth-order valence-electron chi connectivity index (χ4n) is 4.09. The van der Waals surface area contributed by atoms with Crippen LogP contribution in [-0.2, 0) is 9.53 Å². The highest BCUT2D eigenvalue weighted by molar-refractivity contribution is 5.94. The van der Waals surface area contributed by atoms with Crippen molar-refractivity contribution in [3.05, 3.63) is 59.7 Å². The number of ketones is 1. The first-order valence-corrected chi connectivity index (χ1v) is 11.2. The maximum atomic E-state index is 15.1. The fraction of sp³-hybridized carbons (Fsp3) is 0.375. The zero-order chi connectivity index (χ0) is 24.2. The van der Waals surface area contributed by atoms with E-state index in [0.717, 1.165) is 0 Å². The second-order valence-corrected chi connectivity index (χ2v) is 8.32. The van der Waals surface area contributed by atoms with Crippen molar-refractivity contribution in [3.8, 4) is 0 Å². The molecule has 2 aromatic carbocycles. The van der Waals surface area contributed by atoms with Crippen molar-refractivity contribution in [2.45, 2.75) is 25.9 Å². The maximum Gasteiger partial charge on any atom is 0.414 e. The van der Waals surface area contributed by atoms with Crippen LogP contribution in [0.1, 0.15) is 30.1 Å². The number of carbonyl (C=O) groups excluding carboxylic acids is 3. The number of hydrogen-bond acceptors (Lipinski definition) is 6. The molecule has 2 aromatic rings. The Hall–Kier alpha value is -3.53. The summed E-state index contributed by atoms with van der Waals surface area (Å²) in [6.07, 6.45) is -0.227. The van der Waals surface area contributed by atoms with E-state index in [1.54, 1.807) is 23.1 Å². The summed E-state index contributed by atoms with van der Waals surface area (Å²) in [5, 5.41) is 1.34. The van der Waals surface area contributed by atoms with Crippen LogP contribution in [0, 0.1) is 11.6 Å². The van der Waals surface area contributed by atoms with Crippen LogP contribution >= 0.6 is 0 Å². The van der Waals surface area contributed by atoms with Crippen LogP contribution in [-0.4, -0.2) is 61.6 Å². The summed E-state index contributed by atoms with van der Waals surface area (Å²) >= 11 is 0. The van der Waals surface area contributed by atoms with Crippen molar-refractivity contribution < 1.29 is 27.9 Å². The third kappa shape index (κ3) is 5.17. The topological polar surface area (TPSA) is 82.2 Å². The average molecular weight is 472 g/mol. The van der Waals surface area contributed by atoms with Crippen LogP contribution in [0.2, 0.25) is 0 Å². The summed E-state index contributed by atoms with van der Waals surface area (Å²) in [7, 11) is 0. The third-order valence-electron chi connectivity index (χ3n) is 5.90. The summed E-state index contributed by atoms with van der Waals surface area (Å²) in [5.41, 5.74) is 3.66. The quantitative estimate of drug-likeness (QED) is 0.696. The van der Waals surface area contributed by atoms with E-state index in [1.807, 2.05) is 0 Å². The van der Waals surface area contributed by atoms with E-state index >= 15 is 4.39 Å². The van der Waals surface area contributed by atoms with Crippen molar-refractivity contribution in [1.29, 1.82) is 0 Å². The number of halogens is 2. The molecule has 34 heavy (non-hydrogen) atoms. The van der Waals surface area contributed by atoms with Gasteiger partial charge in [-0.1, -0.05) is 12.1 Å². The van der Waals surface area contributed by atoms with E-state index in [2.05, 4.69) is 5.43 Å². The van der Waals surface area contributed by atoms with Gasteiger partial charge in [-0.2, -0.15) is 0 Å². The van der Waals surface area contributed by atoms with Gasteiger partial charge in [-0.15, -0.1) is 0 Å². The minimum atomic E-state index is -0.596. The molecule has 8 nitrogen and oxygen atoms in total. The molecule has 180 valence electrons. The number of anilines is 2. The number of rotatable bonds is 6. The average Bonchev–Trinajstić information content (AvgIpc) is 3.01. The Bertz CT molecular complexity index is 1100. The molecule has 0 spiro atoms. The molecule has 2 aliphatic rings. The molecule has 2 heterocycles. The molecule has 1 N–H and O–H groups in total. The molecule has 0 radical (unpaired) electrons. The monoisotopic (exact) mass is 472 g/mol. The van der Waals surface area contributed by atoms with Gasteiger partial charge in [-0.3, -0.25) is 14.7 Å². The van der Waals surface area contributed by atoms with Crippen LogP contribution in [0.15, 0.2) is 42.5 Å². The number of Topliss-reactive ketones (excluding diaryl/α,β-unsaturated/α-hetero) is 1. The number of hydrazine groups is 1. The first-order chi connectivity index (χ1) is 16.3. The molecule has 0 saturated carbocycles. The van der Waals surface area contributed by atoms with Crippen LogP contribution < -0.4 is 15.2 Å². The number of ether oxygens (including phenoxy) is 1. The largest absolute Gasteiger partial charge is 0.444 e. The highest BCUT2D eigenvalue weighted by Crippen LogP contribution is 2.29. The Labute approximate surface area is 196 Å². The van der Waals surface area contributed by atoms with Crippen molar-refractivity contribution in [1.82, 2.24) is 10.4 Å². The molecule has 1 atom stereocenters. The number of cyclic esters (lactones) is 1. The molecule has 10 heteroatoms. The Morgan fingerprint density at radius 3 is 2.62 bits per heavy atom. The first kappa shape index (κ1) is 23.6. The van der Waals surface area contributed by atoms with Gasteiger partial charge in [0.15, 0.2) is 0 Å². The number of hydrogen-bond donors (Lipinski definition) is 1. The predicted molar refractivity (Wildman–Crippen MR) is 122 cm³/mol. The predicted octanol–water partition coefficient (Wildman–Crippen LogP) is 3.13. The molecule has 2 fully saturated rings. The number of benzene rings is 2. The standard InChI is InChI=1S/C24H26F2N4O4/c1-16(31)6-8-18-15-29(24(33)34-18)17-7-9-22(21(26)14-17)28-11-10-27-30(13-12-28)23(32)19-4-2-3-5-20(19)25/h2-5,7,9,14,18,27H,6,8,10-13,15H2,1H3/t18-/m0/s1. The van der Waals surface area contributed by atoms with Gasteiger partial charge >= 0.3 is 6.09 Å².